The van der Waals surface area contributed by atoms with Crippen molar-refractivity contribution in [2.24, 2.45) is 0 Å². The minimum atomic E-state index is -0.484. The van der Waals surface area contributed by atoms with Gasteiger partial charge in [-0.1, -0.05) is 41.4 Å². The highest BCUT2D eigenvalue weighted by molar-refractivity contribution is 9.11. The molecule has 0 bridgehead atoms. The largest absolute Gasteiger partial charge is 0.493 e. The van der Waals surface area contributed by atoms with Crippen LogP contribution in [0.5, 0.6) is 11.5 Å². The van der Waals surface area contributed by atoms with E-state index in [0.29, 0.717) is 28.1 Å². The third-order valence-corrected chi connectivity index (χ3v) is 4.57. The Hall–Kier alpha value is -2.06. The zero-order chi connectivity index (χ0) is 19.6. The molecule has 27 heavy (non-hydrogen) atoms. The summed E-state index contributed by atoms with van der Waals surface area (Å²) in [6, 6.07) is 12.2. The molecule has 6 nitrogen and oxygen atoms in total. The fraction of sp³-hybridized carbons (Fsp3) is 0.263. The van der Waals surface area contributed by atoms with Crippen molar-refractivity contribution in [3.63, 3.8) is 0 Å². The second-order valence-electron chi connectivity index (χ2n) is 5.56. The van der Waals surface area contributed by atoms with Crippen molar-refractivity contribution in [1.29, 1.82) is 0 Å². The predicted octanol–water partition coefficient (Wildman–Crippen LogP) is 4.23. The lowest BCUT2D eigenvalue weighted by atomic mass is 10.2. The van der Waals surface area contributed by atoms with Crippen molar-refractivity contribution in [3.05, 3.63) is 57.0 Å². The van der Waals surface area contributed by atoms with E-state index in [9.17, 15) is 9.59 Å². The van der Waals surface area contributed by atoms with E-state index in [1.54, 1.807) is 36.4 Å². The van der Waals surface area contributed by atoms with Crippen LogP contribution in [-0.4, -0.2) is 25.0 Å². The normalized spacial score (nSPS) is 10.2. The lowest BCUT2D eigenvalue weighted by Gasteiger charge is -2.12. The maximum absolute atomic E-state index is 12.3. The number of ether oxygens (including phenoxy) is 2. The molecular weight excluding hydrogens is 480 g/mol. The number of carbonyl (C=O) groups is 2. The molecule has 0 aromatic heterocycles. The quantitative estimate of drug-likeness (QED) is 0.421. The zero-order valence-corrected chi connectivity index (χ0v) is 17.9. The molecule has 2 aromatic rings. The van der Waals surface area contributed by atoms with Gasteiger partial charge in [0.1, 0.15) is 11.5 Å². The highest BCUT2D eigenvalue weighted by atomic mass is 79.9. The monoisotopic (exact) mass is 498 g/mol. The first-order valence-electron chi connectivity index (χ1n) is 8.40. The second kappa shape index (κ2) is 10.9. The van der Waals surface area contributed by atoms with Crippen molar-refractivity contribution in [1.82, 2.24) is 10.9 Å². The highest BCUT2D eigenvalue weighted by Crippen LogP contribution is 2.28. The van der Waals surface area contributed by atoms with Crippen LogP contribution in [0.25, 0.3) is 0 Å². The molecule has 0 aliphatic heterocycles. The van der Waals surface area contributed by atoms with Gasteiger partial charge in [-0.05, 0) is 52.7 Å². The second-order valence-corrected chi connectivity index (χ2v) is 7.33. The van der Waals surface area contributed by atoms with Gasteiger partial charge in [0.25, 0.3) is 11.8 Å². The minimum absolute atomic E-state index is 0.241. The summed E-state index contributed by atoms with van der Waals surface area (Å²) in [6.45, 7) is 2.35. The fourth-order valence-electron chi connectivity index (χ4n) is 2.07. The van der Waals surface area contributed by atoms with Crippen LogP contribution in [0.4, 0.5) is 0 Å². The Labute approximate surface area is 174 Å². The number of benzene rings is 2. The molecule has 144 valence electrons. The van der Waals surface area contributed by atoms with Crippen LogP contribution in [0.2, 0.25) is 0 Å². The molecule has 0 radical (unpaired) electrons. The van der Waals surface area contributed by atoms with Crippen molar-refractivity contribution < 1.29 is 19.1 Å². The summed E-state index contributed by atoms with van der Waals surface area (Å²) in [5.41, 5.74) is 5.06. The van der Waals surface area contributed by atoms with Crippen LogP contribution in [0, 0.1) is 0 Å². The Balaban J connectivity index is 1.85. The van der Waals surface area contributed by atoms with Gasteiger partial charge in [-0.15, -0.1) is 0 Å². The van der Waals surface area contributed by atoms with E-state index in [2.05, 4.69) is 49.6 Å². The third kappa shape index (κ3) is 6.88. The average Bonchev–Trinajstić information content (AvgIpc) is 2.66. The number of para-hydroxylation sites is 1. The van der Waals surface area contributed by atoms with E-state index >= 15 is 0 Å². The van der Waals surface area contributed by atoms with Crippen LogP contribution in [0.3, 0.4) is 0 Å². The number of hydrogen-bond acceptors (Lipinski definition) is 4. The van der Waals surface area contributed by atoms with Crippen LogP contribution < -0.4 is 20.3 Å². The number of nitrogens with one attached hydrogen (secondary N) is 2. The summed E-state index contributed by atoms with van der Waals surface area (Å²) in [5, 5.41) is 0. The fourth-order valence-corrected chi connectivity index (χ4v) is 3.23. The van der Waals surface area contributed by atoms with E-state index in [1.807, 2.05) is 6.07 Å². The van der Waals surface area contributed by atoms with Gasteiger partial charge >= 0.3 is 0 Å². The van der Waals surface area contributed by atoms with Gasteiger partial charge in [0.05, 0.1) is 16.6 Å². The van der Waals surface area contributed by atoms with Crippen molar-refractivity contribution in [3.8, 4) is 11.5 Å². The standard InChI is InChI=1S/C19H20Br2N2O4/c1-2-3-10-26-16-7-5-4-6-14(16)19(25)23-22-18(24)12-27-17-9-8-13(20)11-15(17)21/h4-9,11H,2-3,10,12H2,1H3,(H,22,24)(H,23,25). The summed E-state index contributed by atoms with van der Waals surface area (Å²) < 4.78 is 12.7. The number of halogens is 2. The average molecular weight is 500 g/mol. The molecule has 0 saturated carbocycles. The van der Waals surface area contributed by atoms with Crippen molar-refractivity contribution in [2.75, 3.05) is 13.2 Å². The first-order chi connectivity index (χ1) is 13.0. The highest BCUT2D eigenvalue weighted by Gasteiger charge is 2.13. The lowest BCUT2D eigenvalue weighted by molar-refractivity contribution is -0.123. The molecule has 2 aromatic carbocycles. The summed E-state index contributed by atoms with van der Waals surface area (Å²) in [5.74, 6) is 0.0601. The summed E-state index contributed by atoms with van der Waals surface area (Å²) >= 11 is 6.70. The molecule has 0 aliphatic rings. The third-order valence-electron chi connectivity index (χ3n) is 3.46. The number of hydrazine groups is 1. The Morgan fingerprint density at radius 2 is 1.78 bits per heavy atom. The molecular formula is C19H20Br2N2O4. The van der Waals surface area contributed by atoms with E-state index in [4.69, 9.17) is 9.47 Å². The minimum Gasteiger partial charge on any atom is -0.493 e. The Morgan fingerprint density at radius 1 is 1.00 bits per heavy atom. The Bertz CT molecular complexity index is 799. The van der Waals surface area contributed by atoms with Crippen LogP contribution >= 0.6 is 31.9 Å². The molecule has 0 unspecified atom stereocenters. The Kier molecular flexibility index (Phi) is 8.60. The van der Waals surface area contributed by atoms with E-state index in [0.717, 1.165) is 17.3 Å². The van der Waals surface area contributed by atoms with Gasteiger partial charge in [-0.25, -0.2) is 0 Å². The number of carbonyl (C=O) groups excluding carboxylic acids is 2. The van der Waals surface area contributed by atoms with Gasteiger partial charge < -0.3 is 9.47 Å². The number of unbranched alkanes of at least 4 members (excludes halogenated alkanes) is 1. The molecule has 8 heteroatoms. The van der Waals surface area contributed by atoms with Crippen molar-refractivity contribution >= 4 is 43.7 Å². The maximum Gasteiger partial charge on any atom is 0.276 e. The first-order valence-corrected chi connectivity index (χ1v) is 9.98. The van der Waals surface area contributed by atoms with Crippen molar-refractivity contribution in [2.45, 2.75) is 19.8 Å². The van der Waals surface area contributed by atoms with E-state index in [-0.39, 0.29) is 6.61 Å². The zero-order valence-electron chi connectivity index (χ0n) is 14.8. The number of rotatable bonds is 8. The van der Waals surface area contributed by atoms with Gasteiger partial charge in [0, 0.05) is 4.47 Å². The predicted molar refractivity (Wildman–Crippen MR) is 110 cm³/mol. The lowest BCUT2D eigenvalue weighted by Crippen LogP contribution is -2.44. The molecule has 2 amide bonds. The molecule has 2 N–H and O–H groups in total. The molecule has 0 fully saturated rings. The summed E-state index contributed by atoms with van der Waals surface area (Å²) in [7, 11) is 0. The SMILES string of the molecule is CCCCOc1ccccc1C(=O)NNC(=O)COc1ccc(Br)cc1Br. The molecule has 0 spiro atoms. The van der Waals surface area contributed by atoms with Gasteiger partial charge in [-0.3, -0.25) is 20.4 Å². The summed E-state index contributed by atoms with van der Waals surface area (Å²) in [6.07, 6.45) is 1.90. The van der Waals surface area contributed by atoms with Crippen LogP contribution in [-0.2, 0) is 4.79 Å². The maximum atomic E-state index is 12.3. The first kappa shape index (κ1) is 21.2. The topological polar surface area (TPSA) is 76.7 Å². The van der Waals surface area contributed by atoms with Gasteiger partial charge in [0.15, 0.2) is 6.61 Å². The molecule has 0 saturated heterocycles. The van der Waals surface area contributed by atoms with Gasteiger partial charge in [-0.2, -0.15) is 0 Å². The summed E-state index contributed by atoms with van der Waals surface area (Å²) in [4.78, 5) is 24.2. The number of hydrogen-bond donors (Lipinski definition) is 2. The van der Waals surface area contributed by atoms with Crippen LogP contribution in [0.15, 0.2) is 51.4 Å². The Morgan fingerprint density at radius 3 is 2.52 bits per heavy atom. The van der Waals surface area contributed by atoms with E-state index in [1.165, 1.54) is 0 Å². The van der Waals surface area contributed by atoms with E-state index < -0.39 is 11.8 Å². The van der Waals surface area contributed by atoms with Gasteiger partial charge in [0.2, 0.25) is 0 Å². The molecule has 0 heterocycles. The smallest absolute Gasteiger partial charge is 0.276 e. The number of amides is 2. The molecule has 0 aliphatic carbocycles. The molecule has 0 atom stereocenters. The van der Waals surface area contributed by atoms with Crippen LogP contribution in [0.1, 0.15) is 30.1 Å². The molecule has 2 rings (SSSR count).